The van der Waals surface area contributed by atoms with Crippen molar-refractivity contribution in [3.63, 3.8) is 0 Å². The van der Waals surface area contributed by atoms with Crippen molar-refractivity contribution < 1.29 is 67.9 Å². The Kier molecular flexibility index (Phi) is 16.1. The molecule has 7 N–H and O–H groups in total. The van der Waals surface area contributed by atoms with Crippen LogP contribution in [0, 0.1) is 5.92 Å². The number of alkyl carbamates (subject to hydrolysis) is 1. The number of hydrazine groups is 1. The van der Waals surface area contributed by atoms with Crippen molar-refractivity contribution in [1.29, 1.82) is 0 Å². The number of carboxylic acids is 2. The second-order valence-electron chi connectivity index (χ2n) is 11.6. The molecule has 1 heterocycles. The number of carbonyl (C=O) groups excluding carboxylic acids is 6. The fourth-order valence-electron chi connectivity index (χ4n) is 4.45. The normalized spacial score (nSPS) is 17.2. The van der Waals surface area contributed by atoms with Gasteiger partial charge in [-0.25, -0.2) is 14.6 Å². The van der Waals surface area contributed by atoms with Crippen LogP contribution in [0.2, 0.25) is 0 Å². The number of hydrogen-bond donors (Lipinski definition) is 7. The number of benzene rings is 1. The molecule has 276 valence electrons. The van der Waals surface area contributed by atoms with Crippen molar-refractivity contribution in [2.75, 3.05) is 13.2 Å². The van der Waals surface area contributed by atoms with Crippen LogP contribution in [-0.4, -0.2) is 118 Å². The van der Waals surface area contributed by atoms with Gasteiger partial charge in [0.2, 0.25) is 11.8 Å². The lowest BCUT2D eigenvalue weighted by molar-refractivity contribution is -0.152. The van der Waals surface area contributed by atoms with E-state index in [-0.39, 0.29) is 25.6 Å². The number of amides is 5. The van der Waals surface area contributed by atoms with E-state index < -0.39 is 103 Å². The van der Waals surface area contributed by atoms with E-state index >= 15 is 0 Å². The van der Waals surface area contributed by atoms with Crippen LogP contribution >= 0.6 is 0 Å². The zero-order chi connectivity index (χ0) is 37.5. The highest BCUT2D eigenvalue weighted by Gasteiger charge is 2.53. The van der Waals surface area contributed by atoms with Crippen molar-refractivity contribution in [3.8, 4) is 0 Å². The Hall–Kier alpha value is -5.30. The van der Waals surface area contributed by atoms with Crippen LogP contribution in [0.3, 0.4) is 0 Å². The number of aliphatic hydroxyl groups is 1. The van der Waals surface area contributed by atoms with Crippen LogP contribution < -0.4 is 21.4 Å². The Morgan fingerprint density at radius 2 is 1.48 bits per heavy atom. The van der Waals surface area contributed by atoms with Crippen LogP contribution in [0.4, 0.5) is 4.79 Å². The summed E-state index contributed by atoms with van der Waals surface area (Å²) in [5.41, 5.74) is 2.66. The summed E-state index contributed by atoms with van der Waals surface area (Å²) in [4.78, 5) is 99.9. The first-order valence-corrected chi connectivity index (χ1v) is 15.7. The highest BCUT2D eigenvalue weighted by Crippen LogP contribution is 2.25. The Morgan fingerprint density at radius 1 is 0.840 bits per heavy atom. The van der Waals surface area contributed by atoms with E-state index in [0.717, 1.165) is 6.92 Å². The summed E-state index contributed by atoms with van der Waals surface area (Å²) >= 11 is 0. The van der Waals surface area contributed by atoms with Crippen molar-refractivity contribution >= 4 is 47.6 Å². The first-order chi connectivity index (χ1) is 23.5. The second kappa shape index (κ2) is 19.6. The molecule has 1 aromatic carbocycles. The summed E-state index contributed by atoms with van der Waals surface area (Å²) < 4.78 is 14.9. The zero-order valence-corrected chi connectivity index (χ0v) is 28.0. The molecule has 0 spiro atoms. The van der Waals surface area contributed by atoms with Crippen LogP contribution in [0.25, 0.3) is 0 Å². The predicted octanol–water partition coefficient (Wildman–Crippen LogP) is -1.18. The van der Waals surface area contributed by atoms with Gasteiger partial charge in [0.1, 0.15) is 31.3 Å². The number of aliphatic carboxylic acids is 2. The third kappa shape index (κ3) is 13.7. The van der Waals surface area contributed by atoms with Gasteiger partial charge in [0.05, 0.1) is 12.7 Å². The number of hydrogen-bond acceptors (Lipinski definition) is 12. The molecule has 2 rings (SSSR count). The van der Waals surface area contributed by atoms with Gasteiger partial charge >= 0.3 is 24.0 Å². The number of ether oxygens (including phenoxy) is 3. The topological polar surface area (TPSA) is 280 Å². The maximum atomic E-state index is 13.4. The number of rotatable bonds is 19. The highest BCUT2D eigenvalue weighted by molar-refractivity contribution is 5.97. The average Bonchev–Trinajstić information content (AvgIpc) is 3.84. The van der Waals surface area contributed by atoms with Gasteiger partial charge in [-0.1, -0.05) is 44.2 Å². The molecule has 1 fully saturated rings. The first-order valence-electron chi connectivity index (χ1n) is 15.7. The minimum Gasteiger partial charge on any atom is -0.481 e. The molecule has 0 radical (unpaired) electrons. The maximum absolute atomic E-state index is 13.4. The van der Waals surface area contributed by atoms with Gasteiger partial charge < -0.3 is 45.5 Å². The van der Waals surface area contributed by atoms with Crippen LogP contribution in [0.1, 0.15) is 52.5 Å². The summed E-state index contributed by atoms with van der Waals surface area (Å²) in [6.07, 6.45) is -6.41. The third-order valence-electron chi connectivity index (χ3n) is 6.93. The van der Waals surface area contributed by atoms with E-state index in [2.05, 4.69) is 16.0 Å². The van der Waals surface area contributed by atoms with Gasteiger partial charge in [0.25, 0.3) is 11.8 Å². The smallest absolute Gasteiger partial charge is 0.408 e. The minimum atomic E-state index is -1.87. The molecule has 1 aromatic rings. The molecule has 0 aromatic heterocycles. The monoisotopic (exact) mass is 709 g/mol. The number of carboxylic acid groups (broad SMARTS) is 2. The van der Waals surface area contributed by atoms with E-state index in [1.54, 1.807) is 44.2 Å². The molecular formula is C31H43N5O14. The van der Waals surface area contributed by atoms with Gasteiger partial charge in [-0.3, -0.25) is 34.2 Å². The molecule has 1 aliphatic heterocycles. The Balaban J connectivity index is 2.18. The highest BCUT2D eigenvalue weighted by atomic mass is 16.6. The maximum Gasteiger partial charge on any atom is 0.408 e. The molecule has 50 heavy (non-hydrogen) atoms. The van der Waals surface area contributed by atoms with Crippen molar-refractivity contribution in [2.45, 2.75) is 90.0 Å². The van der Waals surface area contributed by atoms with Gasteiger partial charge in [-0.05, 0) is 38.2 Å². The van der Waals surface area contributed by atoms with E-state index in [1.165, 1.54) is 6.92 Å². The molecule has 6 atom stereocenters. The van der Waals surface area contributed by atoms with E-state index in [4.69, 9.17) is 14.2 Å². The first kappa shape index (κ1) is 40.9. The van der Waals surface area contributed by atoms with Gasteiger partial charge in [0.15, 0.2) is 12.2 Å². The van der Waals surface area contributed by atoms with Gasteiger partial charge in [-0.15, -0.1) is 0 Å². The number of nitrogens with zero attached hydrogens (tertiary/aromatic N) is 1. The quantitative estimate of drug-likeness (QED) is 0.0506. The van der Waals surface area contributed by atoms with Crippen molar-refractivity contribution in [2.24, 2.45) is 5.92 Å². The van der Waals surface area contributed by atoms with E-state index in [1.807, 2.05) is 5.43 Å². The van der Waals surface area contributed by atoms with Crippen LogP contribution in [-0.2, 0) is 54.4 Å². The van der Waals surface area contributed by atoms with Crippen molar-refractivity contribution in [1.82, 2.24) is 26.4 Å². The summed E-state index contributed by atoms with van der Waals surface area (Å²) in [5, 5.41) is 36.2. The Morgan fingerprint density at radius 3 is 2.04 bits per heavy atom. The Bertz CT molecular complexity index is 1390. The molecule has 0 bridgehead atoms. The number of esters is 1. The summed E-state index contributed by atoms with van der Waals surface area (Å²) in [7, 11) is 0. The molecule has 0 unspecified atom stereocenters. The molecule has 0 saturated carbocycles. The molecule has 0 aliphatic carbocycles. The Labute approximate surface area is 286 Å². The van der Waals surface area contributed by atoms with E-state index in [0.29, 0.717) is 10.6 Å². The van der Waals surface area contributed by atoms with E-state index in [9.17, 15) is 53.7 Å². The standard InChI is InChI=1S/C31H43N5O14/c1-5-48-30(46)25-24(50-25)29(45)36(14-22(40)41)35-28(44)23(17(4)37)34-26(42)19(11-12-21(38)39)32-27(43)20(13-16(2)3)33-31(47)49-15-18-9-7-6-8-10-18/h6-10,16-17,19-20,23-25,37H,5,11-15H2,1-4H3,(H,32,43)(H,33,47)(H,34,42)(H,35,44)(H,38,39)(H,40,41)/t17-,19+,20+,23+,24-,25-/m1/s1. The second-order valence-corrected chi connectivity index (χ2v) is 11.6. The lowest BCUT2D eigenvalue weighted by Crippen LogP contribution is -2.61. The lowest BCUT2D eigenvalue weighted by atomic mass is 10.0. The van der Waals surface area contributed by atoms with Crippen LogP contribution in [0.5, 0.6) is 0 Å². The molecule has 5 amide bonds. The summed E-state index contributed by atoms with van der Waals surface area (Å²) in [6.45, 7) is 4.92. The molecule has 1 saturated heterocycles. The summed E-state index contributed by atoms with van der Waals surface area (Å²) in [5.74, 6) is -8.33. The van der Waals surface area contributed by atoms with Gasteiger partial charge in [-0.2, -0.15) is 0 Å². The molecule has 19 nitrogen and oxygen atoms in total. The van der Waals surface area contributed by atoms with Crippen LogP contribution in [0.15, 0.2) is 30.3 Å². The third-order valence-corrected chi connectivity index (χ3v) is 6.93. The largest absolute Gasteiger partial charge is 0.481 e. The SMILES string of the molecule is CCOC(=O)[C@@H]1O[C@H]1C(=O)N(CC(=O)O)NC(=O)[C@@H](NC(=O)[C@H](CCC(=O)O)NC(=O)[C@H](CC(C)C)NC(=O)OCc1ccccc1)[C@@H](C)O. The predicted molar refractivity (Wildman–Crippen MR) is 168 cm³/mol. The van der Waals surface area contributed by atoms with Crippen molar-refractivity contribution in [3.05, 3.63) is 35.9 Å². The minimum absolute atomic E-state index is 0.0188. The average molecular weight is 710 g/mol. The fraction of sp³-hybridized carbons (Fsp3) is 0.548. The van der Waals surface area contributed by atoms with Gasteiger partial charge in [0, 0.05) is 6.42 Å². The summed E-state index contributed by atoms with van der Waals surface area (Å²) in [6, 6.07) is 4.02. The molecule has 19 heteroatoms. The number of carbonyl (C=O) groups is 8. The molecule has 1 aliphatic rings. The zero-order valence-electron chi connectivity index (χ0n) is 28.0. The number of nitrogens with one attached hydrogen (secondary N) is 4. The number of aliphatic hydroxyl groups excluding tert-OH is 1. The molecular weight excluding hydrogens is 666 g/mol. The number of epoxide rings is 1. The lowest BCUT2D eigenvalue weighted by Gasteiger charge is -2.28. The fourth-order valence-corrected chi connectivity index (χ4v) is 4.45.